The van der Waals surface area contributed by atoms with Crippen LogP contribution in [0.2, 0.25) is 0 Å². The van der Waals surface area contributed by atoms with E-state index in [1.54, 1.807) is 30.3 Å². The Morgan fingerprint density at radius 2 is 1.28 bits per heavy atom. The smallest absolute Gasteiger partial charge is 0.146 e. The van der Waals surface area contributed by atoms with Crippen LogP contribution in [0.25, 0.3) is 10.8 Å². The first kappa shape index (κ1) is 25.2. The molecule has 0 amide bonds. The Morgan fingerprint density at radius 1 is 0.639 bits per heavy atom. The highest BCUT2D eigenvalue weighted by molar-refractivity contribution is 5.85. The summed E-state index contributed by atoms with van der Waals surface area (Å²) >= 11 is 0. The van der Waals surface area contributed by atoms with Crippen molar-refractivity contribution in [3.8, 4) is 17.9 Å². The van der Waals surface area contributed by atoms with Gasteiger partial charge in [-0.2, -0.15) is 5.26 Å². The van der Waals surface area contributed by atoms with E-state index < -0.39 is 0 Å². The van der Waals surface area contributed by atoms with Gasteiger partial charge in [0.05, 0.1) is 17.2 Å². The first-order chi connectivity index (χ1) is 17.7. The van der Waals surface area contributed by atoms with Crippen LogP contribution in [0.15, 0.2) is 78.9 Å². The number of hydrogen-bond donors (Lipinski definition) is 0. The third kappa shape index (κ3) is 6.84. The van der Waals surface area contributed by atoms with Gasteiger partial charge in [0, 0.05) is 10.9 Å². The molecule has 0 radical (unpaired) electrons. The van der Waals surface area contributed by atoms with Gasteiger partial charge in [0.1, 0.15) is 5.82 Å². The maximum atomic E-state index is 15.1. The number of rotatable bonds is 9. The molecule has 0 bridgehead atoms. The Labute approximate surface area is 214 Å². The predicted octanol–water partition coefficient (Wildman–Crippen LogP) is 8.55. The Morgan fingerprint density at radius 3 is 2.00 bits per heavy atom. The highest BCUT2D eigenvalue weighted by atomic mass is 19.1. The topological polar surface area (TPSA) is 23.8 Å². The lowest BCUT2D eigenvalue weighted by Crippen LogP contribution is -1.94. The lowest BCUT2D eigenvalue weighted by atomic mass is 9.98. The van der Waals surface area contributed by atoms with E-state index in [2.05, 4.69) is 55.2 Å². The summed E-state index contributed by atoms with van der Waals surface area (Å²) in [5, 5.41) is 10.4. The molecule has 4 aromatic carbocycles. The number of hydrogen-bond acceptors (Lipinski definition) is 1. The molecule has 0 atom stereocenters. The fourth-order valence-corrected chi connectivity index (χ4v) is 4.45. The molecule has 4 rings (SSSR count). The van der Waals surface area contributed by atoms with Gasteiger partial charge < -0.3 is 0 Å². The van der Waals surface area contributed by atoms with Gasteiger partial charge in [-0.1, -0.05) is 93.0 Å². The molecule has 0 spiro atoms. The van der Waals surface area contributed by atoms with Crippen LogP contribution in [0, 0.1) is 29.0 Å². The minimum absolute atomic E-state index is 0.287. The summed E-state index contributed by atoms with van der Waals surface area (Å²) < 4.78 is 15.1. The molecule has 0 aliphatic heterocycles. The Hall–Kier alpha value is -3.88. The molecule has 0 aromatic heterocycles. The number of benzene rings is 4. The number of unbranched alkanes of at least 4 members (excludes halogenated alkanes) is 4. The van der Waals surface area contributed by atoms with Crippen LogP contribution in [-0.2, 0) is 19.3 Å². The number of halogens is 1. The van der Waals surface area contributed by atoms with Gasteiger partial charge in [-0.05, 0) is 78.1 Å². The SMILES string of the molecule is CCCCCCCc1ccc(CCc2ccc3c(F)c(C#Cc4ccc(C#N)cc4)ccc3c2)cc1. The second-order valence-electron chi connectivity index (χ2n) is 9.40. The van der Waals surface area contributed by atoms with Crippen molar-refractivity contribution >= 4 is 10.8 Å². The fraction of sp³-hybridized carbons (Fsp3) is 0.265. The van der Waals surface area contributed by atoms with Crippen molar-refractivity contribution in [1.29, 1.82) is 5.26 Å². The first-order valence-electron chi connectivity index (χ1n) is 13.0. The Kier molecular flexibility index (Phi) is 8.91. The van der Waals surface area contributed by atoms with Crippen molar-refractivity contribution in [2.45, 2.75) is 58.3 Å². The third-order valence-corrected chi connectivity index (χ3v) is 6.67. The van der Waals surface area contributed by atoms with Crippen LogP contribution in [0.4, 0.5) is 4.39 Å². The molecule has 0 aliphatic carbocycles. The zero-order valence-electron chi connectivity index (χ0n) is 21.0. The van der Waals surface area contributed by atoms with E-state index in [1.807, 2.05) is 18.2 Å². The van der Waals surface area contributed by atoms with E-state index in [4.69, 9.17) is 5.26 Å². The van der Waals surface area contributed by atoms with E-state index in [9.17, 15) is 0 Å². The van der Waals surface area contributed by atoms with Gasteiger partial charge in [-0.25, -0.2) is 4.39 Å². The molecule has 0 N–H and O–H groups in total. The second kappa shape index (κ2) is 12.7. The molecular formula is C34H32FN. The van der Waals surface area contributed by atoms with Gasteiger partial charge >= 0.3 is 0 Å². The minimum atomic E-state index is -0.287. The zero-order chi connectivity index (χ0) is 25.2. The van der Waals surface area contributed by atoms with Crippen molar-refractivity contribution in [1.82, 2.24) is 0 Å². The van der Waals surface area contributed by atoms with Gasteiger partial charge in [0.25, 0.3) is 0 Å². The summed E-state index contributed by atoms with van der Waals surface area (Å²) in [4.78, 5) is 0. The van der Waals surface area contributed by atoms with E-state index >= 15 is 4.39 Å². The average molecular weight is 474 g/mol. The average Bonchev–Trinajstić information content (AvgIpc) is 2.92. The largest absolute Gasteiger partial charge is 0.205 e. The molecule has 0 heterocycles. The summed E-state index contributed by atoms with van der Waals surface area (Å²) in [6.07, 6.45) is 9.64. The third-order valence-electron chi connectivity index (χ3n) is 6.67. The lowest BCUT2D eigenvalue weighted by Gasteiger charge is -2.07. The predicted molar refractivity (Wildman–Crippen MR) is 147 cm³/mol. The second-order valence-corrected chi connectivity index (χ2v) is 9.40. The number of nitriles is 1. The molecule has 36 heavy (non-hydrogen) atoms. The number of nitrogens with zero attached hydrogens (tertiary/aromatic N) is 1. The number of fused-ring (bicyclic) bond motifs is 1. The van der Waals surface area contributed by atoms with Gasteiger partial charge in [0.2, 0.25) is 0 Å². The molecular weight excluding hydrogens is 441 g/mol. The van der Waals surface area contributed by atoms with Crippen molar-refractivity contribution < 1.29 is 4.39 Å². The van der Waals surface area contributed by atoms with Crippen LogP contribution in [0.1, 0.15) is 72.4 Å². The van der Waals surface area contributed by atoms with Crippen molar-refractivity contribution in [2.75, 3.05) is 0 Å². The molecule has 0 saturated carbocycles. The molecule has 4 aromatic rings. The Bertz CT molecular complexity index is 1400. The quantitative estimate of drug-likeness (QED) is 0.176. The molecule has 0 unspecified atom stereocenters. The van der Waals surface area contributed by atoms with Gasteiger partial charge in [0.15, 0.2) is 0 Å². The minimum Gasteiger partial charge on any atom is -0.205 e. The summed E-state index contributed by atoms with van der Waals surface area (Å²) in [5.74, 6) is 5.64. The molecule has 0 fully saturated rings. The fourth-order valence-electron chi connectivity index (χ4n) is 4.45. The maximum Gasteiger partial charge on any atom is 0.146 e. The van der Waals surface area contributed by atoms with E-state index in [0.29, 0.717) is 16.5 Å². The molecule has 0 saturated heterocycles. The maximum absolute atomic E-state index is 15.1. The first-order valence-corrected chi connectivity index (χ1v) is 13.0. The standard InChI is InChI=1S/C34H32FN/c1-2-3-4-5-6-7-26-8-10-27(11-9-26)12-15-29-19-23-33-32(24-29)22-21-31(34(33)35)20-18-28-13-16-30(25-36)17-14-28/h8-11,13-14,16-17,19,21-24H,2-7,12,15H2,1H3. The number of aryl methyl sites for hydroxylation is 3. The zero-order valence-corrected chi connectivity index (χ0v) is 21.0. The highest BCUT2D eigenvalue weighted by Gasteiger charge is 2.07. The summed E-state index contributed by atoms with van der Waals surface area (Å²) in [6.45, 7) is 2.25. The summed E-state index contributed by atoms with van der Waals surface area (Å²) in [6, 6.07) is 27.8. The van der Waals surface area contributed by atoms with Crippen LogP contribution < -0.4 is 0 Å². The van der Waals surface area contributed by atoms with Crippen LogP contribution in [0.5, 0.6) is 0 Å². The molecule has 0 aliphatic rings. The normalized spacial score (nSPS) is 10.6. The van der Waals surface area contributed by atoms with Crippen molar-refractivity contribution in [2.24, 2.45) is 0 Å². The highest BCUT2D eigenvalue weighted by Crippen LogP contribution is 2.23. The van der Waals surface area contributed by atoms with Crippen LogP contribution in [0.3, 0.4) is 0 Å². The lowest BCUT2D eigenvalue weighted by molar-refractivity contribution is 0.632. The van der Waals surface area contributed by atoms with E-state index in [1.165, 1.54) is 55.2 Å². The van der Waals surface area contributed by atoms with E-state index in [-0.39, 0.29) is 5.82 Å². The molecule has 180 valence electrons. The Balaban J connectivity index is 1.37. The summed E-state index contributed by atoms with van der Waals surface area (Å²) in [5.41, 5.74) is 5.68. The van der Waals surface area contributed by atoms with Gasteiger partial charge in [-0.15, -0.1) is 0 Å². The molecule has 2 heteroatoms. The van der Waals surface area contributed by atoms with E-state index in [0.717, 1.165) is 23.8 Å². The van der Waals surface area contributed by atoms with Crippen LogP contribution in [-0.4, -0.2) is 0 Å². The summed E-state index contributed by atoms with van der Waals surface area (Å²) in [7, 11) is 0. The van der Waals surface area contributed by atoms with Crippen molar-refractivity contribution in [3.63, 3.8) is 0 Å². The van der Waals surface area contributed by atoms with Gasteiger partial charge in [-0.3, -0.25) is 0 Å². The van der Waals surface area contributed by atoms with Crippen molar-refractivity contribution in [3.05, 3.63) is 118 Å². The monoisotopic (exact) mass is 473 g/mol. The molecule has 1 nitrogen and oxygen atoms in total. The van der Waals surface area contributed by atoms with Crippen LogP contribution >= 0.6 is 0 Å².